The van der Waals surface area contributed by atoms with Gasteiger partial charge in [0.2, 0.25) is 0 Å². The molecule has 2 aliphatic carbocycles. The number of piperidine rings is 1. The lowest BCUT2D eigenvalue weighted by atomic mass is 9.73. The number of likely N-dealkylation sites (tertiary alicyclic amines) is 1. The molecule has 1 aliphatic heterocycles. The van der Waals surface area contributed by atoms with Gasteiger partial charge >= 0.3 is 6.03 Å². The van der Waals surface area contributed by atoms with E-state index in [4.69, 9.17) is 0 Å². The van der Waals surface area contributed by atoms with E-state index in [9.17, 15) is 4.79 Å². The number of urea groups is 1. The van der Waals surface area contributed by atoms with Crippen molar-refractivity contribution in [2.45, 2.75) is 63.6 Å². The van der Waals surface area contributed by atoms with Gasteiger partial charge in [0.05, 0.1) is 0 Å². The number of H-pyrrole nitrogens is 1. The highest BCUT2D eigenvalue weighted by molar-refractivity contribution is 5.88. The lowest BCUT2D eigenvalue weighted by molar-refractivity contribution is 0.0905. The molecule has 1 unspecified atom stereocenters. The molecule has 0 bridgehead atoms. The van der Waals surface area contributed by atoms with Crippen molar-refractivity contribution in [3.63, 3.8) is 0 Å². The maximum Gasteiger partial charge on any atom is 0.317 e. The molecule has 2 fully saturated rings. The Balaban J connectivity index is 1.46. The van der Waals surface area contributed by atoms with Gasteiger partial charge in [-0.3, -0.25) is 4.90 Å². The van der Waals surface area contributed by atoms with E-state index in [0.29, 0.717) is 18.0 Å². The number of nitrogens with zero attached hydrogens (tertiary/aromatic N) is 2. The minimum absolute atomic E-state index is 0.0931. The molecule has 1 saturated heterocycles. The predicted molar refractivity (Wildman–Crippen MR) is 108 cm³/mol. The fourth-order valence-corrected chi connectivity index (χ4v) is 5.44. The highest BCUT2D eigenvalue weighted by atomic mass is 16.2. The van der Waals surface area contributed by atoms with Crippen LogP contribution in [0.2, 0.25) is 0 Å². The van der Waals surface area contributed by atoms with Crippen LogP contribution in [0.3, 0.4) is 0 Å². The first-order valence-corrected chi connectivity index (χ1v) is 10.6. The summed E-state index contributed by atoms with van der Waals surface area (Å²) < 4.78 is 0. The molecular weight excluding hydrogens is 336 g/mol. The van der Waals surface area contributed by atoms with Crippen LogP contribution in [0, 0.1) is 0 Å². The van der Waals surface area contributed by atoms with Crippen LogP contribution in [-0.4, -0.2) is 58.6 Å². The van der Waals surface area contributed by atoms with Crippen LogP contribution in [0.25, 0.3) is 10.9 Å². The average molecular weight is 367 g/mol. The Hall–Kier alpha value is -2.01. The topological polar surface area (TPSA) is 51.4 Å². The number of nitrogens with one attached hydrogen (secondary N) is 2. The van der Waals surface area contributed by atoms with E-state index < -0.39 is 0 Å². The van der Waals surface area contributed by atoms with Gasteiger partial charge in [0.1, 0.15) is 0 Å². The van der Waals surface area contributed by atoms with E-state index in [1.807, 2.05) is 18.7 Å². The minimum atomic E-state index is 0.0931. The van der Waals surface area contributed by atoms with Crippen molar-refractivity contribution in [2.24, 2.45) is 0 Å². The number of rotatable bonds is 4. The SMILES string of the molecule is CCN(CC)C(=O)N[C@H]1CC2c3cccc4[nH]cc(c34)C[C@H]2N(C2CC2)C1. The van der Waals surface area contributed by atoms with E-state index in [0.717, 1.165) is 32.5 Å². The third kappa shape index (κ3) is 2.83. The molecule has 1 aromatic carbocycles. The first-order chi connectivity index (χ1) is 13.2. The monoisotopic (exact) mass is 366 g/mol. The highest BCUT2D eigenvalue weighted by Gasteiger charge is 2.46. The number of amides is 2. The molecule has 5 heteroatoms. The molecule has 0 radical (unpaired) electrons. The van der Waals surface area contributed by atoms with Gasteiger partial charge in [-0.2, -0.15) is 0 Å². The quantitative estimate of drug-likeness (QED) is 0.871. The van der Waals surface area contributed by atoms with Crippen LogP contribution >= 0.6 is 0 Å². The summed E-state index contributed by atoms with van der Waals surface area (Å²) in [6.07, 6.45) is 7.01. The molecule has 144 valence electrons. The predicted octanol–water partition coefficient (Wildman–Crippen LogP) is 3.46. The normalized spacial score (nSPS) is 27.4. The largest absolute Gasteiger partial charge is 0.361 e. The molecule has 27 heavy (non-hydrogen) atoms. The Morgan fingerprint density at radius 1 is 1.30 bits per heavy atom. The second-order valence-electron chi connectivity index (χ2n) is 8.44. The average Bonchev–Trinajstić information content (AvgIpc) is 3.44. The Bertz CT molecular complexity index is 851. The van der Waals surface area contributed by atoms with Crippen molar-refractivity contribution in [1.82, 2.24) is 20.1 Å². The summed E-state index contributed by atoms with van der Waals surface area (Å²) in [7, 11) is 0. The Labute approximate surface area is 161 Å². The third-order valence-electron chi connectivity index (χ3n) is 6.90. The Morgan fingerprint density at radius 2 is 2.11 bits per heavy atom. The zero-order valence-corrected chi connectivity index (χ0v) is 16.4. The molecule has 5 rings (SSSR count). The summed E-state index contributed by atoms with van der Waals surface area (Å²) in [5, 5.41) is 4.79. The van der Waals surface area contributed by atoms with Crippen LogP contribution in [0.5, 0.6) is 0 Å². The van der Waals surface area contributed by atoms with Crippen molar-refractivity contribution in [3.8, 4) is 0 Å². The number of benzene rings is 1. The zero-order valence-electron chi connectivity index (χ0n) is 16.4. The number of aromatic amines is 1. The lowest BCUT2D eigenvalue weighted by Crippen LogP contribution is -2.58. The molecule has 1 aromatic heterocycles. The van der Waals surface area contributed by atoms with Crippen molar-refractivity contribution < 1.29 is 4.79 Å². The van der Waals surface area contributed by atoms with Gasteiger partial charge in [0, 0.05) is 60.8 Å². The number of aromatic nitrogens is 1. The molecule has 2 heterocycles. The fourth-order valence-electron chi connectivity index (χ4n) is 5.44. The first-order valence-electron chi connectivity index (χ1n) is 10.6. The molecule has 2 amide bonds. The number of hydrogen-bond acceptors (Lipinski definition) is 2. The van der Waals surface area contributed by atoms with Crippen LogP contribution in [0.4, 0.5) is 4.79 Å². The van der Waals surface area contributed by atoms with Crippen LogP contribution in [-0.2, 0) is 6.42 Å². The van der Waals surface area contributed by atoms with Gasteiger partial charge in [0.25, 0.3) is 0 Å². The summed E-state index contributed by atoms with van der Waals surface area (Å²) in [6.45, 7) is 6.62. The lowest BCUT2D eigenvalue weighted by Gasteiger charge is -2.47. The highest BCUT2D eigenvalue weighted by Crippen LogP contribution is 2.46. The minimum Gasteiger partial charge on any atom is -0.361 e. The van der Waals surface area contributed by atoms with Crippen molar-refractivity contribution in [2.75, 3.05) is 19.6 Å². The van der Waals surface area contributed by atoms with Gasteiger partial charge in [-0.15, -0.1) is 0 Å². The number of carbonyl (C=O) groups excluding carboxylic acids is 1. The molecule has 3 atom stereocenters. The van der Waals surface area contributed by atoms with Gasteiger partial charge in [-0.1, -0.05) is 12.1 Å². The van der Waals surface area contributed by atoms with Crippen molar-refractivity contribution in [3.05, 3.63) is 35.5 Å². The Morgan fingerprint density at radius 3 is 2.85 bits per heavy atom. The molecule has 2 aromatic rings. The molecule has 5 nitrogen and oxygen atoms in total. The number of carbonyl (C=O) groups is 1. The van der Waals surface area contributed by atoms with E-state index in [-0.39, 0.29) is 12.1 Å². The molecule has 3 aliphatic rings. The maximum absolute atomic E-state index is 12.7. The summed E-state index contributed by atoms with van der Waals surface area (Å²) >= 11 is 0. The van der Waals surface area contributed by atoms with Crippen LogP contribution in [0.1, 0.15) is 50.2 Å². The fraction of sp³-hybridized carbons (Fsp3) is 0.591. The van der Waals surface area contributed by atoms with Gasteiger partial charge in [-0.05, 0) is 56.7 Å². The second kappa shape index (κ2) is 6.55. The summed E-state index contributed by atoms with van der Waals surface area (Å²) in [6, 6.07) is 8.30. The standard InChI is InChI=1S/C22H30N4O/c1-3-25(4-2)22(27)24-15-11-18-17-6-5-7-19-21(17)14(12-23-19)10-20(18)26(13-15)16-8-9-16/h5-7,12,15-16,18,20,23H,3-4,8-11,13H2,1-2H3,(H,24,27)/t15-,18?,20+/m0/s1. The van der Waals surface area contributed by atoms with Crippen molar-refractivity contribution in [1.29, 1.82) is 0 Å². The maximum atomic E-state index is 12.7. The second-order valence-corrected chi connectivity index (χ2v) is 8.44. The Kier molecular flexibility index (Phi) is 4.15. The summed E-state index contributed by atoms with van der Waals surface area (Å²) in [5.74, 6) is 0.508. The van der Waals surface area contributed by atoms with Crippen LogP contribution in [0.15, 0.2) is 24.4 Å². The molecule has 2 N–H and O–H groups in total. The summed E-state index contributed by atoms with van der Waals surface area (Å²) in [4.78, 5) is 20.7. The van der Waals surface area contributed by atoms with Gasteiger partial charge < -0.3 is 15.2 Å². The van der Waals surface area contributed by atoms with Gasteiger partial charge in [-0.25, -0.2) is 4.79 Å². The van der Waals surface area contributed by atoms with E-state index >= 15 is 0 Å². The first kappa shape index (κ1) is 17.1. The molecule has 1 saturated carbocycles. The van der Waals surface area contributed by atoms with Gasteiger partial charge in [0.15, 0.2) is 0 Å². The third-order valence-corrected chi connectivity index (χ3v) is 6.90. The van der Waals surface area contributed by atoms with Crippen molar-refractivity contribution >= 4 is 16.9 Å². The smallest absolute Gasteiger partial charge is 0.317 e. The molecule has 0 spiro atoms. The van der Waals surface area contributed by atoms with E-state index in [1.165, 1.54) is 34.9 Å². The van der Waals surface area contributed by atoms with Crippen LogP contribution < -0.4 is 5.32 Å². The van der Waals surface area contributed by atoms with E-state index in [1.54, 1.807) is 0 Å². The summed E-state index contributed by atoms with van der Waals surface area (Å²) in [5.41, 5.74) is 4.21. The number of fused-ring (bicyclic) bond motifs is 2. The number of hydrogen-bond donors (Lipinski definition) is 2. The van der Waals surface area contributed by atoms with E-state index in [2.05, 4.69) is 39.6 Å². The molecular formula is C22H30N4O. The zero-order chi connectivity index (χ0) is 18.5.